The van der Waals surface area contributed by atoms with Gasteiger partial charge in [-0.1, -0.05) is 42.0 Å². The van der Waals surface area contributed by atoms with Gasteiger partial charge < -0.3 is 5.11 Å². The molecule has 0 heterocycles. The summed E-state index contributed by atoms with van der Waals surface area (Å²) in [5, 5.41) is 9.07. The lowest BCUT2D eigenvalue weighted by Crippen LogP contribution is -1.87. The number of benzene rings is 1. The molecule has 1 N–H and O–H groups in total. The minimum Gasteiger partial charge on any atom is -0.392 e. The minimum atomic E-state index is 0.190. The van der Waals surface area contributed by atoms with Crippen LogP contribution in [0.5, 0.6) is 0 Å². The summed E-state index contributed by atoms with van der Waals surface area (Å²) in [7, 11) is 0. The Labute approximate surface area is 90.8 Å². The highest BCUT2D eigenvalue weighted by atomic mass is 16.3. The van der Waals surface area contributed by atoms with Gasteiger partial charge in [0.15, 0.2) is 0 Å². The quantitative estimate of drug-likeness (QED) is 0.795. The molecule has 15 heavy (non-hydrogen) atoms. The van der Waals surface area contributed by atoms with Gasteiger partial charge in [-0.15, -0.1) is 0 Å². The molecule has 0 aromatic heterocycles. The molecule has 0 saturated carbocycles. The normalized spacial score (nSPS) is 15.7. The topological polar surface area (TPSA) is 20.2 Å². The van der Waals surface area contributed by atoms with Gasteiger partial charge in [0.1, 0.15) is 0 Å². The van der Waals surface area contributed by atoms with E-state index in [2.05, 4.69) is 37.3 Å². The molecular weight excluding hydrogens is 184 g/mol. The van der Waals surface area contributed by atoms with Crippen LogP contribution < -0.4 is 0 Å². The zero-order chi connectivity index (χ0) is 10.7. The second-order valence-electron chi connectivity index (χ2n) is 4.11. The average Bonchev–Trinajstić information content (AvgIpc) is 2.61. The molecule has 1 nitrogen and oxygen atoms in total. The van der Waals surface area contributed by atoms with Crippen molar-refractivity contribution in [2.24, 2.45) is 0 Å². The van der Waals surface area contributed by atoms with E-state index in [0.29, 0.717) is 0 Å². The molecule has 0 radical (unpaired) electrons. The molecule has 1 aromatic rings. The van der Waals surface area contributed by atoms with Crippen molar-refractivity contribution in [3.8, 4) is 0 Å². The summed E-state index contributed by atoms with van der Waals surface area (Å²) in [6.07, 6.45) is 4.07. The van der Waals surface area contributed by atoms with Crippen molar-refractivity contribution in [3.05, 3.63) is 58.7 Å². The molecular formula is C14H16O. The number of rotatable bonds is 3. The van der Waals surface area contributed by atoms with E-state index in [9.17, 15) is 0 Å². The van der Waals surface area contributed by atoms with Crippen LogP contribution in [0, 0.1) is 0 Å². The number of hydrogen-bond acceptors (Lipinski definition) is 1. The van der Waals surface area contributed by atoms with Gasteiger partial charge in [0.2, 0.25) is 0 Å². The molecule has 1 aliphatic rings. The summed E-state index contributed by atoms with van der Waals surface area (Å²) < 4.78 is 0. The first kappa shape index (κ1) is 10.2. The number of aliphatic hydroxyl groups is 1. The molecule has 0 aliphatic heterocycles. The number of allylic oxidation sites excluding steroid dienone is 3. The van der Waals surface area contributed by atoms with Gasteiger partial charge in [-0.3, -0.25) is 0 Å². The zero-order valence-electron chi connectivity index (χ0n) is 9.03. The Hall–Kier alpha value is -1.34. The van der Waals surface area contributed by atoms with Crippen LogP contribution in [-0.2, 0) is 6.42 Å². The van der Waals surface area contributed by atoms with Crippen molar-refractivity contribution in [1.29, 1.82) is 0 Å². The lowest BCUT2D eigenvalue weighted by Gasteiger charge is -2.02. The van der Waals surface area contributed by atoms with Gasteiger partial charge in [-0.25, -0.2) is 0 Å². The first-order valence-corrected chi connectivity index (χ1v) is 5.32. The number of aliphatic hydroxyl groups excluding tert-OH is 1. The summed E-state index contributed by atoms with van der Waals surface area (Å²) in [6, 6.07) is 10.5. The monoisotopic (exact) mass is 200 g/mol. The molecule has 0 atom stereocenters. The van der Waals surface area contributed by atoms with Crippen LogP contribution in [-0.4, -0.2) is 11.7 Å². The van der Waals surface area contributed by atoms with E-state index < -0.39 is 0 Å². The van der Waals surface area contributed by atoms with Gasteiger partial charge in [0.05, 0.1) is 6.61 Å². The van der Waals surface area contributed by atoms with Crippen LogP contribution in [0.3, 0.4) is 0 Å². The third kappa shape index (κ3) is 2.37. The van der Waals surface area contributed by atoms with Gasteiger partial charge in [0.25, 0.3) is 0 Å². The van der Waals surface area contributed by atoms with E-state index in [0.717, 1.165) is 18.4 Å². The van der Waals surface area contributed by atoms with E-state index in [1.807, 2.05) is 6.07 Å². The van der Waals surface area contributed by atoms with Crippen molar-refractivity contribution in [3.63, 3.8) is 0 Å². The van der Waals surface area contributed by atoms with E-state index in [4.69, 9.17) is 5.11 Å². The summed E-state index contributed by atoms with van der Waals surface area (Å²) in [6.45, 7) is 2.34. The molecule has 0 saturated heterocycles. The van der Waals surface area contributed by atoms with E-state index >= 15 is 0 Å². The van der Waals surface area contributed by atoms with Gasteiger partial charge in [0, 0.05) is 0 Å². The highest BCUT2D eigenvalue weighted by Crippen LogP contribution is 2.27. The zero-order valence-corrected chi connectivity index (χ0v) is 9.03. The second kappa shape index (κ2) is 4.45. The van der Waals surface area contributed by atoms with Crippen LogP contribution in [0.25, 0.3) is 0 Å². The maximum Gasteiger partial charge on any atom is 0.0648 e. The SMILES string of the molecule is CC1=C(Cc2ccccc2)C=C(CO)C1. The molecule has 2 rings (SSSR count). The standard InChI is InChI=1S/C14H16O/c1-11-7-13(10-15)9-14(11)8-12-5-3-2-4-6-12/h2-6,9,15H,7-8,10H2,1H3. The van der Waals surface area contributed by atoms with E-state index in [1.165, 1.54) is 16.7 Å². The Morgan fingerprint density at radius 2 is 1.93 bits per heavy atom. The lowest BCUT2D eigenvalue weighted by atomic mass is 10.0. The summed E-state index contributed by atoms with van der Waals surface area (Å²) in [5.41, 5.74) is 5.23. The van der Waals surface area contributed by atoms with E-state index in [1.54, 1.807) is 0 Å². The molecule has 0 unspecified atom stereocenters. The van der Waals surface area contributed by atoms with Crippen LogP contribution in [0.15, 0.2) is 53.1 Å². The summed E-state index contributed by atoms with van der Waals surface area (Å²) in [5.74, 6) is 0. The highest BCUT2D eigenvalue weighted by Gasteiger charge is 2.11. The van der Waals surface area contributed by atoms with Crippen LogP contribution in [0.2, 0.25) is 0 Å². The largest absolute Gasteiger partial charge is 0.392 e. The Bertz CT molecular complexity index is 399. The molecule has 0 fully saturated rings. The third-order valence-electron chi connectivity index (χ3n) is 2.86. The Balaban J connectivity index is 2.13. The maximum absolute atomic E-state index is 9.07. The fourth-order valence-corrected chi connectivity index (χ4v) is 1.99. The second-order valence-corrected chi connectivity index (χ2v) is 4.11. The van der Waals surface area contributed by atoms with Crippen LogP contribution in [0.4, 0.5) is 0 Å². The fourth-order valence-electron chi connectivity index (χ4n) is 1.99. The predicted octanol–water partition coefficient (Wildman–Crippen LogP) is 2.87. The third-order valence-corrected chi connectivity index (χ3v) is 2.86. The van der Waals surface area contributed by atoms with Gasteiger partial charge in [-0.2, -0.15) is 0 Å². The molecule has 78 valence electrons. The van der Waals surface area contributed by atoms with Crippen molar-refractivity contribution in [1.82, 2.24) is 0 Å². The fraction of sp³-hybridized carbons (Fsp3) is 0.286. The minimum absolute atomic E-state index is 0.190. The Morgan fingerprint density at radius 3 is 2.53 bits per heavy atom. The van der Waals surface area contributed by atoms with Crippen molar-refractivity contribution in [2.75, 3.05) is 6.61 Å². The molecule has 1 aromatic carbocycles. The van der Waals surface area contributed by atoms with Crippen LogP contribution >= 0.6 is 0 Å². The molecule has 0 spiro atoms. The van der Waals surface area contributed by atoms with Crippen molar-refractivity contribution < 1.29 is 5.11 Å². The molecule has 1 aliphatic carbocycles. The predicted molar refractivity (Wildman–Crippen MR) is 62.6 cm³/mol. The number of hydrogen-bond donors (Lipinski definition) is 1. The summed E-state index contributed by atoms with van der Waals surface area (Å²) >= 11 is 0. The first-order chi connectivity index (χ1) is 7.29. The maximum atomic E-state index is 9.07. The molecule has 0 bridgehead atoms. The van der Waals surface area contributed by atoms with Gasteiger partial charge >= 0.3 is 0 Å². The van der Waals surface area contributed by atoms with Crippen molar-refractivity contribution in [2.45, 2.75) is 19.8 Å². The van der Waals surface area contributed by atoms with E-state index in [-0.39, 0.29) is 6.61 Å². The lowest BCUT2D eigenvalue weighted by molar-refractivity contribution is 0.329. The average molecular weight is 200 g/mol. The molecule has 0 amide bonds. The van der Waals surface area contributed by atoms with Gasteiger partial charge in [-0.05, 0) is 36.5 Å². The van der Waals surface area contributed by atoms with Crippen LogP contribution in [0.1, 0.15) is 18.9 Å². The van der Waals surface area contributed by atoms with Crippen molar-refractivity contribution >= 4 is 0 Å². The highest BCUT2D eigenvalue weighted by molar-refractivity contribution is 5.41. The molecule has 1 heteroatoms. The summed E-state index contributed by atoms with van der Waals surface area (Å²) in [4.78, 5) is 0. The Kier molecular flexibility index (Phi) is 3.02. The first-order valence-electron chi connectivity index (χ1n) is 5.32. The Morgan fingerprint density at radius 1 is 1.20 bits per heavy atom. The smallest absolute Gasteiger partial charge is 0.0648 e.